The molecule has 1 N–H and O–H groups in total. The lowest BCUT2D eigenvalue weighted by Crippen LogP contribution is -2.48. The number of nitrogens with one attached hydrogen (secondary N) is 1. The maximum atomic E-state index is 6.32. The van der Waals surface area contributed by atoms with E-state index in [1.165, 1.54) is 5.56 Å². The molecule has 0 saturated carbocycles. The Balaban J connectivity index is 0.00000200. The van der Waals surface area contributed by atoms with Gasteiger partial charge in [0.15, 0.2) is 0 Å². The molecule has 2 nitrogen and oxygen atoms in total. The molecule has 1 aliphatic heterocycles. The Morgan fingerprint density at radius 3 is 2.19 bits per heavy atom. The van der Waals surface area contributed by atoms with Gasteiger partial charge in [0.1, 0.15) is 0 Å². The lowest BCUT2D eigenvalue weighted by molar-refractivity contribution is 0.0862. The summed E-state index contributed by atoms with van der Waals surface area (Å²) < 4.78 is 0. The second-order valence-electron chi connectivity index (χ2n) is 6.56. The van der Waals surface area contributed by atoms with Gasteiger partial charge >= 0.3 is 0 Å². The fourth-order valence-corrected chi connectivity index (χ4v) is 3.17. The summed E-state index contributed by atoms with van der Waals surface area (Å²) in [6, 6.07) is 6.94. The molecule has 0 unspecified atom stereocenters. The summed E-state index contributed by atoms with van der Waals surface area (Å²) in [7, 11) is 0. The highest BCUT2D eigenvalue weighted by Gasteiger charge is 2.32. The second-order valence-corrected chi connectivity index (χ2v) is 6.97. The van der Waals surface area contributed by atoms with Crippen LogP contribution in [0.4, 0.5) is 0 Å². The summed E-state index contributed by atoms with van der Waals surface area (Å²) >= 11 is 6.32. The molecular weight excluding hydrogens is 327 g/mol. The molecule has 0 aromatic heterocycles. The Labute approximate surface area is 146 Å². The SMILES string of the molecule is Cc1ccc([C@@H](N2CCNCC2)C(C)(C)C)cc1Cl.Cl.Cl. The molecular formula is C16H27Cl3N2. The zero-order valence-corrected chi connectivity index (χ0v) is 15.7. The smallest absolute Gasteiger partial charge is 0.0438 e. The van der Waals surface area contributed by atoms with Crippen LogP contribution in [-0.2, 0) is 0 Å². The van der Waals surface area contributed by atoms with Gasteiger partial charge in [0.05, 0.1) is 0 Å². The molecule has 0 radical (unpaired) electrons. The van der Waals surface area contributed by atoms with Gasteiger partial charge in [0, 0.05) is 37.2 Å². The third kappa shape index (κ3) is 5.30. The van der Waals surface area contributed by atoms with Gasteiger partial charge < -0.3 is 5.32 Å². The number of rotatable bonds is 2. The van der Waals surface area contributed by atoms with Gasteiger partial charge in [0.2, 0.25) is 0 Å². The maximum absolute atomic E-state index is 6.32. The highest BCUT2D eigenvalue weighted by Crippen LogP contribution is 2.39. The largest absolute Gasteiger partial charge is 0.314 e. The zero-order valence-electron chi connectivity index (χ0n) is 13.3. The summed E-state index contributed by atoms with van der Waals surface area (Å²) in [5.41, 5.74) is 2.69. The first kappa shape index (κ1) is 21.0. The Hall–Kier alpha value is 0.01000. The molecule has 0 bridgehead atoms. The number of hydrogen-bond acceptors (Lipinski definition) is 2. The van der Waals surface area contributed by atoms with Crippen molar-refractivity contribution < 1.29 is 0 Å². The second kappa shape index (κ2) is 8.59. The van der Waals surface area contributed by atoms with Crippen molar-refractivity contribution in [2.75, 3.05) is 26.2 Å². The average molecular weight is 354 g/mol. The molecule has 2 rings (SSSR count). The van der Waals surface area contributed by atoms with Crippen LogP contribution < -0.4 is 5.32 Å². The lowest BCUT2D eigenvalue weighted by atomic mass is 9.80. The predicted octanol–water partition coefficient (Wildman–Crippen LogP) is 4.48. The molecule has 1 aromatic carbocycles. The number of piperazine rings is 1. The standard InChI is InChI=1S/C16H25ClN2.2ClH/c1-12-5-6-13(11-14(12)17)15(16(2,3)4)19-9-7-18-8-10-19;;/h5-6,11,15,18H,7-10H2,1-4H3;2*1H/t15-;;/m1../s1. The number of nitrogens with zero attached hydrogens (tertiary/aromatic N) is 1. The molecule has 21 heavy (non-hydrogen) atoms. The average Bonchev–Trinajstić information content (AvgIpc) is 2.34. The molecule has 1 aliphatic rings. The molecule has 1 atom stereocenters. The van der Waals surface area contributed by atoms with E-state index in [9.17, 15) is 0 Å². The molecule has 1 heterocycles. The van der Waals surface area contributed by atoms with Crippen LogP contribution in [0.1, 0.15) is 37.9 Å². The van der Waals surface area contributed by atoms with Crippen LogP contribution in [0.3, 0.4) is 0 Å². The van der Waals surface area contributed by atoms with E-state index >= 15 is 0 Å². The van der Waals surface area contributed by atoms with Crippen molar-refractivity contribution >= 4 is 36.4 Å². The van der Waals surface area contributed by atoms with E-state index in [1.54, 1.807) is 0 Å². The third-order valence-electron chi connectivity index (χ3n) is 3.85. The topological polar surface area (TPSA) is 15.3 Å². The minimum absolute atomic E-state index is 0. The van der Waals surface area contributed by atoms with Crippen molar-refractivity contribution in [3.05, 3.63) is 34.3 Å². The quantitative estimate of drug-likeness (QED) is 0.843. The predicted molar refractivity (Wildman–Crippen MR) is 97.3 cm³/mol. The van der Waals surface area contributed by atoms with Gasteiger partial charge in [-0.25, -0.2) is 0 Å². The van der Waals surface area contributed by atoms with Crippen molar-refractivity contribution in [1.29, 1.82) is 0 Å². The normalized spacial score (nSPS) is 17.6. The molecule has 122 valence electrons. The van der Waals surface area contributed by atoms with Crippen LogP contribution in [0.25, 0.3) is 0 Å². The Bertz CT molecular complexity index is 438. The fraction of sp³-hybridized carbons (Fsp3) is 0.625. The minimum Gasteiger partial charge on any atom is -0.314 e. The van der Waals surface area contributed by atoms with Gasteiger partial charge in [-0.05, 0) is 29.5 Å². The number of benzene rings is 1. The number of aryl methyl sites for hydroxylation is 1. The third-order valence-corrected chi connectivity index (χ3v) is 4.26. The van der Waals surface area contributed by atoms with Crippen LogP contribution in [0, 0.1) is 12.3 Å². The molecule has 1 saturated heterocycles. The summed E-state index contributed by atoms with van der Waals surface area (Å²) in [5, 5.41) is 4.30. The first-order chi connectivity index (χ1) is 8.89. The van der Waals surface area contributed by atoms with E-state index < -0.39 is 0 Å². The Morgan fingerprint density at radius 1 is 1.14 bits per heavy atom. The molecule has 0 amide bonds. The van der Waals surface area contributed by atoms with Gasteiger partial charge in [0.25, 0.3) is 0 Å². The highest BCUT2D eigenvalue weighted by molar-refractivity contribution is 6.31. The van der Waals surface area contributed by atoms with Crippen molar-refractivity contribution in [2.24, 2.45) is 5.41 Å². The van der Waals surface area contributed by atoms with Crippen LogP contribution in [0.15, 0.2) is 18.2 Å². The van der Waals surface area contributed by atoms with E-state index in [1.807, 2.05) is 0 Å². The van der Waals surface area contributed by atoms with Crippen LogP contribution >= 0.6 is 36.4 Å². The van der Waals surface area contributed by atoms with Crippen LogP contribution in [0.2, 0.25) is 5.02 Å². The molecule has 1 fully saturated rings. The maximum Gasteiger partial charge on any atom is 0.0438 e. The molecule has 0 aliphatic carbocycles. The monoisotopic (exact) mass is 352 g/mol. The van der Waals surface area contributed by atoms with Crippen molar-refractivity contribution in [3.8, 4) is 0 Å². The molecule has 1 aromatic rings. The van der Waals surface area contributed by atoms with E-state index in [0.717, 1.165) is 36.8 Å². The zero-order chi connectivity index (χ0) is 14.0. The number of hydrogen-bond donors (Lipinski definition) is 1. The van der Waals surface area contributed by atoms with Gasteiger partial charge in [-0.15, -0.1) is 24.8 Å². The highest BCUT2D eigenvalue weighted by atomic mass is 35.5. The fourth-order valence-electron chi connectivity index (χ4n) is 2.98. The summed E-state index contributed by atoms with van der Waals surface area (Å²) in [5.74, 6) is 0. The lowest BCUT2D eigenvalue weighted by Gasteiger charge is -2.42. The molecule has 0 spiro atoms. The first-order valence-electron chi connectivity index (χ1n) is 7.10. The van der Waals surface area contributed by atoms with Gasteiger partial charge in [-0.1, -0.05) is 44.5 Å². The van der Waals surface area contributed by atoms with Gasteiger partial charge in [-0.3, -0.25) is 4.90 Å². The summed E-state index contributed by atoms with van der Waals surface area (Å²) in [6.45, 7) is 13.4. The Morgan fingerprint density at radius 2 is 1.71 bits per heavy atom. The summed E-state index contributed by atoms with van der Waals surface area (Å²) in [6.07, 6.45) is 0. The van der Waals surface area contributed by atoms with E-state index in [4.69, 9.17) is 11.6 Å². The van der Waals surface area contributed by atoms with Crippen LogP contribution in [-0.4, -0.2) is 31.1 Å². The van der Waals surface area contributed by atoms with Crippen molar-refractivity contribution in [3.63, 3.8) is 0 Å². The minimum atomic E-state index is 0. The van der Waals surface area contributed by atoms with Crippen molar-refractivity contribution in [1.82, 2.24) is 10.2 Å². The van der Waals surface area contributed by atoms with Crippen molar-refractivity contribution in [2.45, 2.75) is 33.7 Å². The van der Waals surface area contributed by atoms with E-state index in [2.05, 4.69) is 56.1 Å². The first-order valence-corrected chi connectivity index (χ1v) is 7.48. The summed E-state index contributed by atoms with van der Waals surface area (Å²) in [4.78, 5) is 2.58. The number of halogens is 3. The van der Waals surface area contributed by atoms with Gasteiger partial charge in [-0.2, -0.15) is 0 Å². The van der Waals surface area contributed by atoms with E-state index in [0.29, 0.717) is 6.04 Å². The van der Waals surface area contributed by atoms with Crippen LogP contribution in [0.5, 0.6) is 0 Å². The molecule has 5 heteroatoms. The van der Waals surface area contributed by atoms with E-state index in [-0.39, 0.29) is 30.2 Å². The Kier molecular flexibility index (Phi) is 8.60.